The molecule has 110 valence electrons. The number of halogens is 2. The molecular weight excluding hydrogens is 286 g/mol. The van der Waals surface area contributed by atoms with Crippen molar-refractivity contribution in [3.8, 4) is 0 Å². The van der Waals surface area contributed by atoms with Crippen LogP contribution in [0.4, 0.5) is 8.78 Å². The average Bonchev–Trinajstić information content (AvgIpc) is 3.00. The number of hydrogen-bond donors (Lipinski definition) is 1. The van der Waals surface area contributed by atoms with Gasteiger partial charge in [-0.1, -0.05) is 0 Å². The molecule has 2 aliphatic heterocycles. The summed E-state index contributed by atoms with van der Waals surface area (Å²) in [4.78, 5) is -0.443. The molecule has 1 aromatic rings. The Morgan fingerprint density at radius 1 is 1.25 bits per heavy atom. The van der Waals surface area contributed by atoms with Crippen LogP contribution in [0, 0.1) is 17.0 Å². The van der Waals surface area contributed by atoms with Gasteiger partial charge in [0.1, 0.15) is 16.5 Å². The van der Waals surface area contributed by atoms with Crippen molar-refractivity contribution in [2.75, 3.05) is 26.2 Å². The number of nitrogens with zero attached hydrogens (tertiary/aromatic N) is 1. The highest BCUT2D eigenvalue weighted by Gasteiger charge is 2.44. The molecule has 0 aromatic heterocycles. The fraction of sp³-hybridized carbons (Fsp3) is 0.538. The van der Waals surface area contributed by atoms with Gasteiger partial charge in [-0.05, 0) is 36.9 Å². The van der Waals surface area contributed by atoms with Crippen molar-refractivity contribution < 1.29 is 17.2 Å². The van der Waals surface area contributed by atoms with Crippen LogP contribution >= 0.6 is 0 Å². The highest BCUT2D eigenvalue weighted by molar-refractivity contribution is 7.89. The number of rotatable bonds is 2. The van der Waals surface area contributed by atoms with E-state index >= 15 is 0 Å². The molecule has 2 heterocycles. The lowest BCUT2D eigenvalue weighted by Crippen LogP contribution is -2.33. The van der Waals surface area contributed by atoms with Crippen molar-refractivity contribution in [1.29, 1.82) is 0 Å². The van der Waals surface area contributed by atoms with E-state index in [1.54, 1.807) is 0 Å². The van der Waals surface area contributed by atoms with E-state index in [1.165, 1.54) is 4.31 Å². The minimum atomic E-state index is -3.89. The van der Waals surface area contributed by atoms with E-state index in [9.17, 15) is 17.2 Å². The van der Waals surface area contributed by atoms with E-state index in [2.05, 4.69) is 5.32 Å². The van der Waals surface area contributed by atoms with E-state index in [0.717, 1.165) is 38.1 Å². The van der Waals surface area contributed by atoms with E-state index < -0.39 is 26.6 Å². The standard InChI is InChI=1S/C13H16F2N2O2S/c14-10-1-2-12(11(15)7-10)20(18,19)17-6-4-13(9-17)3-5-16-8-13/h1-2,7,16H,3-6,8-9H2. The molecule has 4 nitrogen and oxygen atoms in total. The molecule has 0 amide bonds. The molecule has 3 rings (SSSR count). The average molecular weight is 302 g/mol. The van der Waals surface area contributed by atoms with Gasteiger partial charge in [-0.15, -0.1) is 0 Å². The lowest BCUT2D eigenvalue weighted by molar-refractivity contribution is 0.337. The molecule has 7 heteroatoms. The Kier molecular flexibility index (Phi) is 3.30. The topological polar surface area (TPSA) is 49.4 Å². The van der Waals surface area contributed by atoms with Gasteiger partial charge in [0.05, 0.1) is 0 Å². The third-order valence-electron chi connectivity index (χ3n) is 4.25. The van der Waals surface area contributed by atoms with Gasteiger partial charge < -0.3 is 5.32 Å². The summed E-state index contributed by atoms with van der Waals surface area (Å²) in [5.41, 5.74) is -0.0242. The number of hydrogen-bond acceptors (Lipinski definition) is 3. The molecule has 0 radical (unpaired) electrons. The lowest BCUT2D eigenvalue weighted by Gasteiger charge is -2.22. The Morgan fingerprint density at radius 2 is 2.05 bits per heavy atom. The summed E-state index contributed by atoms with van der Waals surface area (Å²) < 4.78 is 52.8. The lowest BCUT2D eigenvalue weighted by atomic mass is 9.87. The van der Waals surface area contributed by atoms with Crippen molar-refractivity contribution in [3.63, 3.8) is 0 Å². The van der Waals surface area contributed by atoms with Crippen molar-refractivity contribution in [1.82, 2.24) is 9.62 Å². The quantitative estimate of drug-likeness (QED) is 0.897. The summed E-state index contributed by atoms with van der Waals surface area (Å²) in [5, 5.41) is 3.24. The first-order chi connectivity index (χ1) is 9.43. The summed E-state index contributed by atoms with van der Waals surface area (Å²) in [6.07, 6.45) is 1.72. The molecule has 0 saturated carbocycles. The zero-order valence-corrected chi connectivity index (χ0v) is 11.7. The Hall–Kier alpha value is -1.05. The van der Waals surface area contributed by atoms with Gasteiger partial charge >= 0.3 is 0 Å². The molecule has 0 bridgehead atoms. The van der Waals surface area contributed by atoms with Crippen LogP contribution in [0.1, 0.15) is 12.8 Å². The third-order valence-corrected chi connectivity index (χ3v) is 6.13. The Bertz CT molecular complexity index is 627. The molecule has 2 fully saturated rings. The third kappa shape index (κ3) is 2.23. The van der Waals surface area contributed by atoms with Gasteiger partial charge in [0.25, 0.3) is 0 Å². The normalized spacial score (nSPS) is 27.5. The molecule has 1 aromatic carbocycles. The first kappa shape index (κ1) is 13.9. The number of benzene rings is 1. The smallest absolute Gasteiger partial charge is 0.246 e. The summed E-state index contributed by atoms with van der Waals surface area (Å²) in [5.74, 6) is -1.81. The molecule has 2 aliphatic rings. The minimum absolute atomic E-state index is 0.0242. The highest BCUT2D eigenvalue weighted by Crippen LogP contribution is 2.38. The maximum Gasteiger partial charge on any atom is 0.246 e. The predicted molar refractivity (Wildman–Crippen MR) is 69.7 cm³/mol. The molecular formula is C13H16F2N2O2S. The zero-order valence-electron chi connectivity index (χ0n) is 10.9. The van der Waals surface area contributed by atoms with Crippen LogP contribution < -0.4 is 5.32 Å². The molecule has 1 unspecified atom stereocenters. The molecule has 2 saturated heterocycles. The van der Waals surface area contributed by atoms with Crippen LogP contribution in [0.2, 0.25) is 0 Å². The Balaban J connectivity index is 1.89. The molecule has 1 spiro atoms. The fourth-order valence-corrected chi connectivity index (χ4v) is 4.67. The second kappa shape index (κ2) is 4.75. The number of nitrogens with one attached hydrogen (secondary N) is 1. The molecule has 0 aliphatic carbocycles. The molecule has 20 heavy (non-hydrogen) atoms. The van der Waals surface area contributed by atoms with Gasteiger partial charge in [-0.3, -0.25) is 0 Å². The SMILES string of the molecule is O=S(=O)(c1ccc(F)cc1F)N1CCC2(CCNC2)C1. The van der Waals surface area contributed by atoms with Crippen molar-refractivity contribution in [2.24, 2.45) is 5.41 Å². The van der Waals surface area contributed by atoms with Crippen LogP contribution in [0.3, 0.4) is 0 Å². The zero-order chi connectivity index (χ0) is 14.4. The fourth-order valence-electron chi connectivity index (χ4n) is 3.07. The second-order valence-electron chi connectivity index (χ2n) is 5.59. The first-order valence-corrected chi connectivity index (χ1v) is 8.03. The van der Waals surface area contributed by atoms with E-state index in [-0.39, 0.29) is 5.41 Å². The van der Waals surface area contributed by atoms with Gasteiger partial charge in [0.2, 0.25) is 10.0 Å². The maximum absolute atomic E-state index is 13.7. The van der Waals surface area contributed by atoms with Crippen LogP contribution in [-0.2, 0) is 10.0 Å². The van der Waals surface area contributed by atoms with E-state index in [4.69, 9.17) is 0 Å². The van der Waals surface area contributed by atoms with Crippen molar-refractivity contribution >= 4 is 10.0 Å². The van der Waals surface area contributed by atoms with Crippen molar-refractivity contribution in [2.45, 2.75) is 17.7 Å². The summed E-state index contributed by atoms with van der Waals surface area (Å²) in [7, 11) is -3.89. The van der Waals surface area contributed by atoms with Gasteiger partial charge in [-0.25, -0.2) is 17.2 Å². The summed E-state index contributed by atoms with van der Waals surface area (Å²) >= 11 is 0. The van der Waals surface area contributed by atoms with Gasteiger partial charge in [0, 0.05) is 25.7 Å². The number of sulfonamides is 1. The van der Waals surface area contributed by atoms with Crippen LogP contribution in [0.15, 0.2) is 23.1 Å². The largest absolute Gasteiger partial charge is 0.316 e. The summed E-state index contributed by atoms with van der Waals surface area (Å²) in [6.45, 7) is 2.48. The second-order valence-corrected chi connectivity index (χ2v) is 7.50. The highest BCUT2D eigenvalue weighted by atomic mass is 32.2. The molecule has 1 N–H and O–H groups in total. The summed E-state index contributed by atoms with van der Waals surface area (Å²) in [6, 6.07) is 2.58. The Labute approximate surface area is 116 Å². The minimum Gasteiger partial charge on any atom is -0.316 e. The Morgan fingerprint density at radius 3 is 2.70 bits per heavy atom. The van der Waals surface area contributed by atoms with E-state index in [0.29, 0.717) is 19.2 Å². The van der Waals surface area contributed by atoms with E-state index in [1.807, 2.05) is 0 Å². The molecule has 1 atom stereocenters. The van der Waals surface area contributed by atoms with Gasteiger partial charge in [-0.2, -0.15) is 4.31 Å². The van der Waals surface area contributed by atoms with Crippen LogP contribution in [0.25, 0.3) is 0 Å². The van der Waals surface area contributed by atoms with Crippen molar-refractivity contribution in [3.05, 3.63) is 29.8 Å². The van der Waals surface area contributed by atoms with Gasteiger partial charge in [0.15, 0.2) is 0 Å². The monoisotopic (exact) mass is 302 g/mol. The van der Waals surface area contributed by atoms with Crippen LogP contribution in [-0.4, -0.2) is 38.9 Å². The van der Waals surface area contributed by atoms with Crippen LogP contribution in [0.5, 0.6) is 0 Å². The first-order valence-electron chi connectivity index (χ1n) is 6.59. The predicted octanol–water partition coefficient (Wildman–Crippen LogP) is 1.34. The maximum atomic E-state index is 13.7.